The smallest absolute Gasteiger partial charge is 0.274 e. The normalized spacial score (nSPS) is 11.1. The van der Waals surface area contributed by atoms with Gasteiger partial charge in [-0.2, -0.15) is 0 Å². The molecule has 5 heteroatoms. The van der Waals surface area contributed by atoms with Gasteiger partial charge in [-0.15, -0.1) is 0 Å². The lowest BCUT2D eigenvalue weighted by Gasteiger charge is -2.18. The first-order chi connectivity index (χ1) is 9.56. The number of rotatable bonds is 5. The molecule has 0 N–H and O–H groups in total. The molecule has 108 valence electrons. The van der Waals surface area contributed by atoms with E-state index in [1.807, 2.05) is 50.8 Å². The highest BCUT2D eigenvalue weighted by Gasteiger charge is 2.18. The molecule has 2 rings (SSSR count). The van der Waals surface area contributed by atoms with E-state index >= 15 is 0 Å². The molecule has 0 saturated heterocycles. The summed E-state index contributed by atoms with van der Waals surface area (Å²) in [5.41, 5.74) is 1.53. The first-order valence-corrected chi connectivity index (χ1v) is 7.73. The van der Waals surface area contributed by atoms with Gasteiger partial charge < -0.3 is 9.64 Å². The molecule has 0 saturated carbocycles. The number of hydrogen-bond donors (Lipinski definition) is 0. The molecule has 0 aliphatic carbocycles. The Morgan fingerprint density at radius 1 is 1.35 bits per heavy atom. The Kier molecular flexibility index (Phi) is 4.60. The molecule has 1 heterocycles. The van der Waals surface area contributed by atoms with Gasteiger partial charge in [0.2, 0.25) is 0 Å². The molecule has 1 aromatic carbocycles. The summed E-state index contributed by atoms with van der Waals surface area (Å²) in [7, 11) is 0. The first-order valence-electron chi connectivity index (χ1n) is 6.92. The fourth-order valence-electron chi connectivity index (χ4n) is 2.03. The van der Waals surface area contributed by atoms with Gasteiger partial charge in [0.1, 0.15) is 0 Å². The van der Waals surface area contributed by atoms with Gasteiger partial charge in [0.05, 0.1) is 21.9 Å². The van der Waals surface area contributed by atoms with Crippen LogP contribution in [0.15, 0.2) is 18.2 Å². The average Bonchev–Trinajstić information content (AvgIpc) is 2.80. The first kappa shape index (κ1) is 14.8. The van der Waals surface area contributed by atoms with E-state index in [1.165, 1.54) is 11.3 Å². The minimum atomic E-state index is 0.0559. The van der Waals surface area contributed by atoms with Crippen LogP contribution >= 0.6 is 11.3 Å². The van der Waals surface area contributed by atoms with Gasteiger partial charge >= 0.3 is 0 Å². The van der Waals surface area contributed by atoms with Crippen LogP contribution in [0.4, 0.5) is 0 Å². The fraction of sp³-hybridized carbons (Fsp3) is 0.467. The third-order valence-corrected chi connectivity index (χ3v) is 4.01. The minimum Gasteiger partial charge on any atom is -0.467 e. The lowest BCUT2D eigenvalue weighted by atomic mass is 10.2. The number of benzene rings is 1. The molecule has 0 bridgehead atoms. The summed E-state index contributed by atoms with van der Waals surface area (Å²) in [6.07, 6.45) is 0.0810. The van der Waals surface area contributed by atoms with Crippen LogP contribution in [0.5, 0.6) is 5.19 Å². The van der Waals surface area contributed by atoms with Crippen molar-refractivity contribution in [1.29, 1.82) is 0 Å². The largest absolute Gasteiger partial charge is 0.467 e. The summed E-state index contributed by atoms with van der Waals surface area (Å²) in [5, 5.41) is 0.620. The van der Waals surface area contributed by atoms with Crippen LogP contribution in [0, 0.1) is 0 Å². The Morgan fingerprint density at radius 3 is 2.65 bits per heavy atom. The molecular formula is C15H20N2O2S. The number of nitrogens with zero attached hydrogens (tertiary/aromatic N) is 2. The number of amides is 1. The summed E-state index contributed by atoms with van der Waals surface area (Å²) < 4.78 is 6.53. The number of ether oxygens (including phenoxy) is 1. The zero-order valence-corrected chi connectivity index (χ0v) is 13.2. The van der Waals surface area contributed by atoms with Gasteiger partial charge in [-0.25, -0.2) is 4.98 Å². The predicted octanol–water partition coefficient (Wildman–Crippen LogP) is 3.57. The fourth-order valence-corrected chi connectivity index (χ4v) is 3.07. The molecule has 0 fully saturated rings. The van der Waals surface area contributed by atoms with Gasteiger partial charge in [-0.1, -0.05) is 17.4 Å². The molecule has 0 aliphatic rings. The molecule has 4 nitrogen and oxygen atoms in total. The van der Waals surface area contributed by atoms with Gasteiger partial charge in [0.15, 0.2) is 0 Å². The quantitative estimate of drug-likeness (QED) is 0.846. The molecule has 0 radical (unpaired) electrons. The molecule has 0 atom stereocenters. The van der Waals surface area contributed by atoms with Crippen LogP contribution in [0.2, 0.25) is 0 Å². The summed E-state index contributed by atoms with van der Waals surface area (Å²) >= 11 is 1.44. The number of hydrogen-bond acceptors (Lipinski definition) is 4. The maximum atomic E-state index is 12.5. The summed E-state index contributed by atoms with van der Waals surface area (Å²) in [6.45, 7) is 9.32. The van der Waals surface area contributed by atoms with Crippen molar-refractivity contribution in [1.82, 2.24) is 9.88 Å². The van der Waals surface area contributed by atoms with Crippen LogP contribution in [0.1, 0.15) is 38.1 Å². The highest BCUT2D eigenvalue weighted by molar-refractivity contribution is 7.20. The number of aromatic nitrogens is 1. The molecular weight excluding hydrogens is 272 g/mol. The molecule has 0 unspecified atom stereocenters. The highest BCUT2D eigenvalue weighted by Crippen LogP contribution is 2.31. The van der Waals surface area contributed by atoms with Crippen molar-refractivity contribution in [3.8, 4) is 5.19 Å². The van der Waals surface area contributed by atoms with Gasteiger partial charge in [0, 0.05) is 13.1 Å². The maximum absolute atomic E-state index is 12.5. The molecule has 0 aliphatic heterocycles. The van der Waals surface area contributed by atoms with E-state index in [1.54, 1.807) is 0 Å². The van der Waals surface area contributed by atoms with E-state index in [4.69, 9.17) is 4.74 Å². The maximum Gasteiger partial charge on any atom is 0.274 e. The Morgan fingerprint density at radius 2 is 2.05 bits per heavy atom. The number of thiazole rings is 1. The van der Waals surface area contributed by atoms with Crippen molar-refractivity contribution in [3.63, 3.8) is 0 Å². The third-order valence-electron chi connectivity index (χ3n) is 3.01. The van der Waals surface area contributed by atoms with E-state index in [9.17, 15) is 4.79 Å². The van der Waals surface area contributed by atoms with Gasteiger partial charge in [-0.3, -0.25) is 4.79 Å². The second-order valence-electron chi connectivity index (χ2n) is 4.78. The summed E-state index contributed by atoms with van der Waals surface area (Å²) in [5.74, 6) is 0.0559. The van der Waals surface area contributed by atoms with Crippen LogP contribution in [0.3, 0.4) is 0 Å². The number of carbonyl (C=O) groups is 1. The van der Waals surface area contributed by atoms with E-state index < -0.39 is 0 Å². The summed E-state index contributed by atoms with van der Waals surface area (Å²) in [6, 6.07) is 5.65. The Hall–Kier alpha value is -1.62. The Labute approximate surface area is 123 Å². The van der Waals surface area contributed by atoms with Crippen molar-refractivity contribution in [2.24, 2.45) is 0 Å². The van der Waals surface area contributed by atoms with Crippen molar-refractivity contribution in [2.45, 2.75) is 33.8 Å². The van der Waals surface area contributed by atoms with E-state index in [0.29, 0.717) is 23.8 Å². The average molecular weight is 292 g/mol. The van der Waals surface area contributed by atoms with Crippen LogP contribution < -0.4 is 4.74 Å². The molecule has 20 heavy (non-hydrogen) atoms. The van der Waals surface area contributed by atoms with Crippen LogP contribution in [-0.2, 0) is 0 Å². The number of carbonyl (C=O) groups excluding carboxylic acids is 1. The lowest BCUT2D eigenvalue weighted by molar-refractivity contribution is 0.0775. The van der Waals surface area contributed by atoms with Crippen LogP contribution in [0.25, 0.3) is 10.2 Å². The topological polar surface area (TPSA) is 42.4 Å². The van der Waals surface area contributed by atoms with Crippen molar-refractivity contribution >= 4 is 27.5 Å². The van der Waals surface area contributed by atoms with E-state index in [-0.39, 0.29) is 12.0 Å². The van der Waals surface area contributed by atoms with E-state index in [0.717, 1.165) is 10.2 Å². The predicted molar refractivity (Wildman–Crippen MR) is 82.6 cm³/mol. The molecule has 1 aromatic heterocycles. The molecule has 1 amide bonds. The monoisotopic (exact) mass is 292 g/mol. The van der Waals surface area contributed by atoms with Gasteiger partial charge in [-0.05, 0) is 39.8 Å². The lowest BCUT2D eigenvalue weighted by Crippen LogP contribution is -2.30. The second-order valence-corrected chi connectivity index (χ2v) is 5.74. The zero-order chi connectivity index (χ0) is 14.7. The van der Waals surface area contributed by atoms with Crippen molar-refractivity contribution < 1.29 is 9.53 Å². The van der Waals surface area contributed by atoms with Crippen LogP contribution in [-0.4, -0.2) is 35.0 Å². The standard InChI is InChI=1S/C15H20N2O2S/c1-5-17(6-2)14(18)11-8-7-9-12-13(11)20-15(16-12)19-10(3)4/h7-10H,5-6H2,1-4H3. The third kappa shape index (κ3) is 2.93. The van der Waals surface area contributed by atoms with Gasteiger partial charge in [0.25, 0.3) is 11.1 Å². The second kappa shape index (κ2) is 6.22. The summed E-state index contributed by atoms with van der Waals surface area (Å²) in [4.78, 5) is 18.8. The highest BCUT2D eigenvalue weighted by atomic mass is 32.1. The Balaban J connectivity index is 2.43. The van der Waals surface area contributed by atoms with Crippen molar-refractivity contribution in [3.05, 3.63) is 23.8 Å². The number of fused-ring (bicyclic) bond motifs is 1. The SMILES string of the molecule is CCN(CC)C(=O)c1cccc2nc(OC(C)C)sc12. The molecule has 0 spiro atoms. The zero-order valence-electron chi connectivity index (χ0n) is 12.3. The van der Waals surface area contributed by atoms with Crippen molar-refractivity contribution in [2.75, 3.05) is 13.1 Å². The van der Waals surface area contributed by atoms with E-state index in [2.05, 4.69) is 4.98 Å². The Bertz CT molecular complexity index is 603. The molecule has 2 aromatic rings. The minimum absolute atomic E-state index is 0.0559.